The second-order valence-electron chi connectivity index (χ2n) is 5.28. The van der Waals surface area contributed by atoms with Crippen molar-refractivity contribution in [2.75, 3.05) is 6.54 Å². The summed E-state index contributed by atoms with van der Waals surface area (Å²) >= 11 is 0. The molecule has 0 atom stereocenters. The normalized spacial score (nSPS) is 10.6. The van der Waals surface area contributed by atoms with Crippen LogP contribution < -0.4 is 5.32 Å². The standard InChI is InChI=1S/C14H21N3O2/c1-11-12(10-17(5)16-11)8-6-7-9-15-13(18)19-14(2,3)4/h10H,7,9H2,1-5H3,(H,15,18). The van der Waals surface area contributed by atoms with Crippen LogP contribution >= 0.6 is 0 Å². The van der Waals surface area contributed by atoms with Crippen LogP contribution in [0.15, 0.2) is 6.20 Å². The Morgan fingerprint density at radius 1 is 1.53 bits per heavy atom. The number of hydrogen-bond donors (Lipinski definition) is 1. The summed E-state index contributed by atoms with van der Waals surface area (Å²) in [4.78, 5) is 11.4. The molecule has 0 aliphatic rings. The molecule has 0 saturated carbocycles. The average molecular weight is 263 g/mol. The molecule has 0 bridgehead atoms. The van der Waals surface area contributed by atoms with Gasteiger partial charge in [0.2, 0.25) is 0 Å². The number of aromatic nitrogens is 2. The number of ether oxygens (including phenoxy) is 1. The number of alkyl carbamates (subject to hydrolysis) is 1. The Hall–Kier alpha value is -1.96. The van der Waals surface area contributed by atoms with E-state index in [9.17, 15) is 4.79 Å². The van der Waals surface area contributed by atoms with Crippen LogP contribution in [0.2, 0.25) is 0 Å². The van der Waals surface area contributed by atoms with Gasteiger partial charge in [0.15, 0.2) is 0 Å². The fourth-order valence-corrected chi connectivity index (χ4v) is 1.42. The van der Waals surface area contributed by atoms with Crippen molar-refractivity contribution in [1.82, 2.24) is 15.1 Å². The third-order valence-electron chi connectivity index (χ3n) is 2.15. The first-order valence-electron chi connectivity index (χ1n) is 6.24. The predicted octanol–water partition coefficient (Wildman–Crippen LogP) is 1.99. The highest BCUT2D eigenvalue weighted by Crippen LogP contribution is 2.06. The summed E-state index contributed by atoms with van der Waals surface area (Å²) in [6, 6.07) is 0. The number of rotatable bonds is 2. The van der Waals surface area contributed by atoms with Gasteiger partial charge in [-0.15, -0.1) is 0 Å². The van der Waals surface area contributed by atoms with E-state index in [0.29, 0.717) is 13.0 Å². The van der Waals surface area contributed by atoms with Crippen molar-refractivity contribution in [3.8, 4) is 11.8 Å². The van der Waals surface area contributed by atoms with Crippen LogP contribution in [0.4, 0.5) is 4.79 Å². The molecule has 5 heteroatoms. The first kappa shape index (κ1) is 15.1. The molecule has 0 aliphatic carbocycles. The molecule has 19 heavy (non-hydrogen) atoms. The summed E-state index contributed by atoms with van der Waals surface area (Å²) < 4.78 is 6.85. The SMILES string of the molecule is Cc1nn(C)cc1C#CCCNC(=O)OC(C)(C)C. The predicted molar refractivity (Wildman–Crippen MR) is 73.7 cm³/mol. The van der Waals surface area contributed by atoms with E-state index in [-0.39, 0.29) is 0 Å². The monoisotopic (exact) mass is 263 g/mol. The first-order chi connectivity index (χ1) is 8.78. The van der Waals surface area contributed by atoms with Crippen LogP contribution in [0.1, 0.15) is 38.4 Å². The Kier molecular flexibility index (Phi) is 4.99. The molecule has 1 N–H and O–H groups in total. The molecule has 0 radical (unpaired) electrons. The van der Waals surface area contributed by atoms with Gasteiger partial charge in [-0.1, -0.05) is 11.8 Å². The number of nitrogens with one attached hydrogen (secondary N) is 1. The molecule has 1 aromatic rings. The topological polar surface area (TPSA) is 56.2 Å². The largest absolute Gasteiger partial charge is 0.444 e. The van der Waals surface area contributed by atoms with E-state index in [1.54, 1.807) is 4.68 Å². The van der Waals surface area contributed by atoms with E-state index in [1.165, 1.54) is 0 Å². The Bertz CT molecular complexity index is 501. The van der Waals surface area contributed by atoms with Gasteiger partial charge in [-0.25, -0.2) is 4.79 Å². The van der Waals surface area contributed by atoms with Gasteiger partial charge in [-0.3, -0.25) is 4.68 Å². The van der Waals surface area contributed by atoms with Gasteiger partial charge in [0.05, 0.1) is 11.3 Å². The van der Waals surface area contributed by atoms with E-state index in [4.69, 9.17) is 4.74 Å². The zero-order valence-electron chi connectivity index (χ0n) is 12.2. The van der Waals surface area contributed by atoms with Crippen LogP contribution in [-0.4, -0.2) is 28.0 Å². The third kappa shape index (κ3) is 5.96. The van der Waals surface area contributed by atoms with E-state index >= 15 is 0 Å². The Morgan fingerprint density at radius 3 is 2.74 bits per heavy atom. The molecule has 0 aliphatic heterocycles. The van der Waals surface area contributed by atoms with E-state index in [0.717, 1.165) is 11.3 Å². The molecule has 5 nitrogen and oxygen atoms in total. The van der Waals surface area contributed by atoms with Gasteiger partial charge in [0, 0.05) is 26.2 Å². The lowest BCUT2D eigenvalue weighted by molar-refractivity contribution is 0.0529. The molecule has 0 saturated heterocycles. The summed E-state index contributed by atoms with van der Waals surface area (Å²) in [6.45, 7) is 7.89. The molecule has 1 heterocycles. The number of amides is 1. The molecule has 0 fully saturated rings. The van der Waals surface area contributed by atoms with E-state index in [1.807, 2.05) is 40.9 Å². The Morgan fingerprint density at radius 2 is 2.21 bits per heavy atom. The molecule has 0 spiro atoms. The molecule has 104 valence electrons. The fourth-order valence-electron chi connectivity index (χ4n) is 1.42. The van der Waals surface area contributed by atoms with Crippen LogP contribution in [0.5, 0.6) is 0 Å². The molecule has 0 unspecified atom stereocenters. The van der Waals surface area contributed by atoms with Crippen molar-refractivity contribution in [3.05, 3.63) is 17.5 Å². The number of nitrogens with zero attached hydrogens (tertiary/aromatic N) is 2. The molecular weight excluding hydrogens is 242 g/mol. The van der Waals surface area contributed by atoms with Crippen LogP contribution in [0.25, 0.3) is 0 Å². The minimum absolute atomic E-state index is 0.410. The highest BCUT2D eigenvalue weighted by molar-refractivity contribution is 5.67. The van der Waals surface area contributed by atoms with Gasteiger partial charge < -0.3 is 10.1 Å². The third-order valence-corrected chi connectivity index (χ3v) is 2.15. The second-order valence-corrected chi connectivity index (χ2v) is 5.28. The second kappa shape index (κ2) is 6.28. The fraction of sp³-hybridized carbons (Fsp3) is 0.571. The molecule has 0 aromatic carbocycles. The van der Waals surface area contributed by atoms with Crippen LogP contribution in [-0.2, 0) is 11.8 Å². The number of hydrogen-bond acceptors (Lipinski definition) is 3. The summed E-state index contributed by atoms with van der Waals surface area (Å²) in [5.41, 5.74) is 1.36. The van der Waals surface area contributed by atoms with Crippen molar-refractivity contribution < 1.29 is 9.53 Å². The van der Waals surface area contributed by atoms with Crippen molar-refractivity contribution in [1.29, 1.82) is 0 Å². The number of carbonyl (C=O) groups is 1. The van der Waals surface area contributed by atoms with Gasteiger partial charge in [-0.05, 0) is 27.7 Å². The molecular formula is C14H21N3O2. The summed E-state index contributed by atoms with van der Waals surface area (Å²) in [7, 11) is 1.86. The maximum Gasteiger partial charge on any atom is 0.407 e. The highest BCUT2D eigenvalue weighted by atomic mass is 16.6. The first-order valence-corrected chi connectivity index (χ1v) is 6.24. The summed E-state index contributed by atoms with van der Waals surface area (Å²) in [5.74, 6) is 6.03. The van der Waals surface area contributed by atoms with Crippen LogP contribution in [0, 0.1) is 18.8 Å². The smallest absolute Gasteiger partial charge is 0.407 e. The number of aryl methyl sites for hydroxylation is 2. The van der Waals surface area contributed by atoms with Crippen molar-refractivity contribution in [2.45, 2.75) is 39.7 Å². The minimum Gasteiger partial charge on any atom is -0.444 e. The molecule has 1 aromatic heterocycles. The Labute approximate surface area is 114 Å². The van der Waals surface area contributed by atoms with Crippen molar-refractivity contribution in [3.63, 3.8) is 0 Å². The number of carbonyl (C=O) groups excluding carboxylic acids is 1. The van der Waals surface area contributed by atoms with Gasteiger partial charge in [0.25, 0.3) is 0 Å². The quantitative estimate of drug-likeness (QED) is 0.656. The Balaban J connectivity index is 2.32. The van der Waals surface area contributed by atoms with Crippen LogP contribution in [0.3, 0.4) is 0 Å². The molecule has 1 amide bonds. The maximum atomic E-state index is 11.4. The van der Waals surface area contributed by atoms with Gasteiger partial charge in [-0.2, -0.15) is 5.10 Å². The van der Waals surface area contributed by atoms with Crippen molar-refractivity contribution >= 4 is 6.09 Å². The minimum atomic E-state index is -0.470. The lowest BCUT2D eigenvalue weighted by atomic mass is 10.2. The summed E-state index contributed by atoms with van der Waals surface area (Å²) in [6.07, 6.45) is 2.05. The zero-order valence-corrected chi connectivity index (χ0v) is 12.2. The summed E-state index contributed by atoms with van der Waals surface area (Å²) in [5, 5.41) is 6.86. The van der Waals surface area contributed by atoms with Gasteiger partial charge >= 0.3 is 6.09 Å². The van der Waals surface area contributed by atoms with E-state index in [2.05, 4.69) is 22.3 Å². The van der Waals surface area contributed by atoms with E-state index < -0.39 is 11.7 Å². The highest BCUT2D eigenvalue weighted by Gasteiger charge is 2.15. The van der Waals surface area contributed by atoms with Crippen molar-refractivity contribution in [2.24, 2.45) is 7.05 Å². The molecule has 1 rings (SSSR count). The average Bonchev–Trinajstić information content (AvgIpc) is 2.54. The lowest BCUT2D eigenvalue weighted by Gasteiger charge is -2.19. The van der Waals surface area contributed by atoms with Gasteiger partial charge in [0.1, 0.15) is 5.60 Å². The zero-order chi connectivity index (χ0) is 14.5. The lowest BCUT2D eigenvalue weighted by Crippen LogP contribution is -2.32. The maximum absolute atomic E-state index is 11.4.